The predicted octanol–water partition coefficient (Wildman–Crippen LogP) is -2.90. The van der Waals surface area contributed by atoms with E-state index in [1.54, 1.807) is 0 Å². The third-order valence-electron chi connectivity index (χ3n) is 1.55. The molecule has 1 heterocycles. The van der Waals surface area contributed by atoms with Gasteiger partial charge in [-0.2, -0.15) is 16.8 Å². The highest BCUT2D eigenvalue weighted by atomic mass is 32.2. The van der Waals surface area contributed by atoms with Crippen LogP contribution in [0.25, 0.3) is 0 Å². The number of hydrogen-bond donors (Lipinski definition) is 2. The largest absolute Gasteiger partial charge is 0.309 e. The Kier molecular flexibility index (Phi) is 3.03. The van der Waals surface area contributed by atoms with E-state index >= 15 is 0 Å². The Balaban J connectivity index is 3.16. The zero-order valence-electron chi connectivity index (χ0n) is 6.60. The van der Waals surface area contributed by atoms with E-state index in [4.69, 9.17) is 5.14 Å². The van der Waals surface area contributed by atoms with Gasteiger partial charge >= 0.3 is 0 Å². The summed E-state index contributed by atoms with van der Waals surface area (Å²) in [5.74, 6) is 0. The van der Waals surface area contributed by atoms with Crippen LogP contribution in [0.1, 0.15) is 0 Å². The minimum Gasteiger partial charge on any atom is -0.309 e. The van der Waals surface area contributed by atoms with E-state index in [-0.39, 0.29) is 18.1 Å². The second kappa shape index (κ2) is 3.72. The molecule has 1 aliphatic heterocycles. The molecule has 9 heteroatoms. The minimum absolute atomic E-state index is 0.00740. The lowest BCUT2D eigenvalue weighted by molar-refractivity contribution is 0.490. The molecular formula is C4H9N3O4S2. The number of hydrogen-bond acceptors (Lipinski definition) is 5. The molecule has 0 atom stereocenters. The van der Waals surface area contributed by atoms with Crippen molar-refractivity contribution < 1.29 is 16.8 Å². The highest BCUT2D eigenvalue weighted by Crippen LogP contribution is 1.99. The molecule has 0 aromatic carbocycles. The number of nitrogens with two attached hydrogens (primary N) is 1. The van der Waals surface area contributed by atoms with Gasteiger partial charge in [0.2, 0.25) is 10.3 Å². The van der Waals surface area contributed by atoms with Gasteiger partial charge in [-0.3, -0.25) is 0 Å². The average molecular weight is 227 g/mol. The maximum atomic E-state index is 10.9. The van der Waals surface area contributed by atoms with Gasteiger partial charge in [-0.05, 0) is 0 Å². The zero-order valence-corrected chi connectivity index (χ0v) is 8.23. The molecule has 13 heavy (non-hydrogen) atoms. The summed E-state index contributed by atoms with van der Waals surface area (Å²) in [7, 11) is -6.51. The van der Waals surface area contributed by atoms with Crippen molar-refractivity contribution in [2.75, 3.05) is 19.6 Å². The van der Waals surface area contributed by atoms with E-state index in [1.165, 1.54) is 0 Å². The molecule has 0 aliphatic carbocycles. The standard InChI is InChI=1S/C4H9N3O4S2/c5-13(10,11)7-2-1-6-3-4(7)12(8)9/h6H,1-3H2,(H2,5,10,11). The maximum Gasteiger partial charge on any atom is 0.281 e. The van der Waals surface area contributed by atoms with E-state index in [2.05, 4.69) is 5.32 Å². The summed E-state index contributed by atoms with van der Waals surface area (Å²) < 4.78 is 43.6. The normalized spacial score (nSPS) is 20.2. The molecule has 0 aromatic rings. The topological polar surface area (TPSA) is 110 Å². The molecule has 1 saturated heterocycles. The molecule has 1 fully saturated rings. The van der Waals surface area contributed by atoms with Crippen LogP contribution in [0, 0.1) is 0 Å². The van der Waals surface area contributed by atoms with E-state index in [1.807, 2.05) is 0 Å². The predicted molar refractivity (Wildman–Crippen MR) is 46.6 cm³/mol. The smallest absolute Gasteiger partial charge is 0.281 e. The van der Waals surface area contributed by atoms with Crippen molar-refractivity contribution in [3.63, 3.8) is 0 Å². The Hall–Kier alpha value is -0.480. The highest BCUT2D eigenvalue weighted by molar-refractivity contribution is 7.88. The van der Waals surface area contributed by atoms with Gasteiger partial charge in [-0.25, -0.2) is 5.14 Å². The molecule has 0 aromatic heterocycles. The molecule has 0 radical (unpaired) electrons. The lowest BCUT2D eigenvalue weighted by Crippen LogP contribution is -2.53. The molecular weight excluding hydrogens is 218 g/mol. The summed E-state index contributed by atoms with van der Waals surface area (Å²) in [6.45, 7) is 0.422. The molecule has 0 amide bonds. The first kappa shape index (κ1) is 10.6. The third-order valence-corrected chi connectivity index (χ3v) is 3.43. The van der Waals surface area contributed by atoms with Crippen molar-refractivity contribution in [3.8, 4) is 0 Å². The van der Waals surface area contributed by atoms with Gasteiger partial charge in [-0.15, -0.1) is 4.31 Å². The van der Waals surface area contributed by atoms with E-state index in [0.717, 1.165) is 0 Å². The number of rotatable bonds is 1. The quantitative estimate of drug-likeness (QED) is 0.467. The fourth-order valence-electron chi connectivity index (χ4n) is 1.00. The summed E-state index contributed by atoms with van der Waals surface area (Å²) in [6, 6.07) is 0. The first-order valence-corrected chi connectivity index (χ1v) is 5.97. The summed E-state index contributed by atoms with van der Waals surface area (Å²) >= 11 is 0. The number of nitrogens with one attached hydrogen (secondary N) is 1. The zero-order chi connectivity index (χ0) is 10.1. The van der Waals surface area contributed by atoms with Crippen LogP contribution in [-0.4, -0.2) is 45.8 Å². The van der Waals surface area contributed by atoms with Gasteiger partial charge in [0.1, 0.15) is 4.99 Å². The SMILES string of the molecule is NS(=O)(=O)N1CCNCC1=S(=O)=O. The fourth-order valence-corrected chi connectivity index (χ4v) is 2.67. The third kappa shape index (κ3) is 2.48. The number of nitrogens with zero attached hydrogens (tertiary/aromatic N) is 1. The molecule has 0 bridgehead atoms. The van der Waals surface area contributed by atoms with Gasteiger partial charge in [0.15, 0.2) is 0 Å². The Morgan fingerprint density at radius 3 is 2.46 bits per heavy atom. The molecule has 76 valence electrons. The summed E-state index contributed by atoms with van der Waals surface area (Å²) in [5, 5.41) is 7.54. The van der Waals surface area contributed by atoms with Gasteiger partial charge in [0.05, 0.1) is 0 Å². The summed E-state index contributed by atoms with van der Waals surface area (Å²) in [6.07, 6.45) is 0. The molecule has 0 spiro atoms. The van der Waals surface area contributed by atoms with Crippen LogP contribution < -0.4 is 10.5 Å². The molecule has 7 nitrogen and oxygen atoms in total. The van der Waals surface area contributed by atoms with Gasteiger partial charge in [0.25, 0.3) is 10.2 Å². The van der Waals surface area contributed by atoms with Crippen molar-refractivity contribution in [2.45, 2.75) is 0 Å². The van der Waals surface area contributed by atoms with Crippen molar-refractivity contribution in [3.05, 3.63) is 0 Å². The first-order valence-electron chi connectivity index (χ1n) is 3.39. The fraction of sp³-hybridized carbons (Fsp3) is 0.750. The van der Waals surface area contributed by atoms with E-state index in [9.17, 15) is 16.8 Å². The maximum absolute atomic E-state index is 10.9. The molecule has 0 unspecified atom stereocenters. The molecule has 3 N–H and O–H groups in total. The molecule has 1 rings (SSSR count). The van der Waals surface area contributed by atoms with Crippen molar-refractivity contribution >= 4 is 25.5 Å². The average Bonchev–Trinajstić information content (AvgIpc) is 2.03. The Morgan fingerprint density at radius 2 is 2.08 bits per heavy atom. The van der Waals surface area contributed by atoms with Crippen LogP contribution in [0.4, 0.5) is 0 Å². The van der Waals surface area contributed by atoms with Gasteiger partial charge < -0.3 is 5.32 Å². The molecule has 0 saturated carbocycles. The van der Waals surface area contributed by atoms with E-state index < -0.39 is 20.5 Å². The lowest BCUT2D eigenvalue weighted by Gasteiger charge is -2.24. The van der Waals surface area contributed by atoms with Gasteiger partial charge in [0, 0.05) is 19.6 Å². The monoisotopic (exact) mass is 227 g/mol. The minimum atomic E-state index is -3.96. The van der Waals surface area contributed by atoms with Crippen LogP contribution in [0.2, 0.25) is 0 Å². The molecule has 1 aliphatic rings. The van der Waals surface area contributed by atoms with Crippen molar-refractivity contribution in [1.82, 2.24) is 9.62 Å². The Labute approximate surface area is 77.2 Å². The van der Waals surface area contributed by atoms with Crippen LogP contribution in [0.15, 0.2) is 0 Å². The second-order valence-corrected chi connectivity index (χ2v) is 4.83. The Morgan fingerprint density at radius 1 is 1.46 bits per heavy atom. The van der Waals surface area contributed by atoms with Crippen LogP contribution in [0.5, 0.6) is 0 Å². The first-order chi connectivity index (χ1) is 5.93. The summed E-state index contributed by atoms with van der Waals surface area (Å²) in [5.41, 5.74) is 0. The second-order valence-electron chi connectivity index (χ2n) is 2.42. The number of piperazine rings is 1. The lowest BCUT2D eigenvalue weighted by atomic mass is 10.4. The van der Waals surface area contributed by atoms with Crippen LogP contribution in [-0.2, 0) is 20.5 Å². The van der Waals surface area contributed by atoms with Crippen LogP contribution >= 0.6 is 0 Å². The van der Waals surface area contributed by atoms with Crippen molar-refractivity contribution in [2.24, 2.45) is 5.14 Å². The van der Waals surface area contributed by atoms with Crippen molar-refractivity contribution in [1.29, 1.82) is 0 Å². The van der Waals surface area contributed by atoms with Gasteiger partial charge in [-0.1, -0.05) is 0 Å². The van der Waals surface area contributed by atoms with E-state index in [0.29, 0.717) is 10.8 Å². The van der Waals surface area contributed by atoms with Crippen LogP contribution in [0.3, 0.4) is 0 Å². The Bertz CT molecular complexity index is 414. The highest BCUT2D eigenvalue weighted by Gasteiger charge is 2.26. The summed E-state index contributed by atoms with van der Waals surface area (Å²) in [4.78, 5) is -0.242.